The molecule has 0 aliphatic rings. The normalized spacial score (nSPS) is 15.6. The molecule has 0 aliphatic heterocycles. The average Bonchev–Trinajstić information content (AvgIpc) is 3.09. The third-order valence-corrected chi connectivity index (χ3v) is 8.28. The molecule has 13 N–H and O–H groups in total. The van der Waals surface area contributed by atoms with Crippen LogP contribution >= 0.6 is 25.3 Å². The number of thiol groups is 2. The van der Waals surface area contributed by atoms with Crippen LogP contribution in [-0.4, -0.2) is 129 Å². The summed E-state index contributed by atoms with van der Waals surface area (Å²) >= 11 is 7.95. The lowest BCUT2D eigenvalue weighted by Crippen LogP contribution is -2.62. The molecule has 19 nitrogen and oxygen atoms in total. The quantitative estimate of drug-likeness (QED) is 0.0469. The fourth-order valence-electron chi connectivity index (χ4n) is 4.65. The molecule has 0 heterocycles. The number of aliphatic hydroxyl groups excluding tert-OH is 2. The molecule has 0 saturated carbocycles. The Morgan fingerprint density at radius 3 is 1.66 bits per heavy atom. The maximum Gasteiger partial charge on any atom is 0.305 e. The van der Waals surface area contributed by atoms with Gasteiger partial charge in [-0.25, -0.2) is 0 Å². The van der Waals surface area contributed by atoms with Crippen molar-refractivity contribution < 1.29 is 53.7 Å². The minimum Gasteiger partial charge on any atom is -0.481 e. The van der Waals surface area contributed by atoms with Crippen LogP contribution in [0.15, 0.2) is 30.3 Å². The standard InChI is InChI=1S/C32H50N8O11S2/c1-15(2)9-19(28(47)39-23(14-53)26(34)45)37-32(51)25(16(3)42)40-30(49)21(11-24(43)44)36-31(50)22(12-41)38-29(48)20(35-27(46)18(33)13-52)10-17-7-5-4-6-8-17/h4-8,15-16,18-23,25,41-42,52-53H,9-14,33H2,1-3H3,(H2,34,45)(H,35,46)(H,36,50)(H,37,51)(H,38,48)(H,39,47)(H,40,49)(H,43,44)/t16-,18+,19+,20+,21+,22+,23+,25+/m1/s1. The predicted molar refractivity (Wildman–Crippen MR) is 197 cm³/mol. The topological polar surface area (TPSA) is 321 Å². The number of nitrogens with one attached hydrogen (secondary N) is 6. The number of benzene rings is 1. The van der Waals surface area contributed by atoms with Crippen LogP contribution < -0.4 is 43.4 Å². The zero-order valence-electron chi connectivity index (χ0n) is 29.5. The largest absolute Gasteiger partial charge is 0.481 e. The second-order valence-electron chi connectivity index (χ2n) is 12.5. The number of nitrogens with two attached hydrogens (primary N) is 2. The molecule has 1 rings (SSSR count). The number of carboxylic acids is 1. The van der Waals surface area contributed by atoms with E-state index in [2.05, 4.69) is 57.2 Å². The Hall–Kier alpha value is -4.44. The van der Waals surface area contributed by atoms with Gasteiger partial charge in [-0.1, -0.05) is 44.2 Å². The molecule has 0 aliphatic carbocycles. The summed E-state index contributed by atoms with van der Waals surface area (Å²) < 4.78 is 0. The van der Waals surface area contributed by atoms with Gasteiger partial charge in [0.2, 0.25) is 41.4 Å². The van der Waals surface area contributed by atoms with Crippen molar-refractivity contribution >= 4 is 72.6 Å². The molecular formula is C32H50N8O11S2. The van der Waals surface area contributed by atoms with Crippen LogP contribution in [0.25, 0.3) is 0 Å². The van der Waals surface area contributed by atoms with Crippen LogP contribution in [0.3, 0.4) is 0 Å². The number of amides is 7. The molecule has 0 spiro atoms. The Labute approximate surface area is 317 Å². The molecule has 1 aromatic carbocycles. The zero-order chi connectivity index (χ0) is 40.4. The fourth-order valence-corrected chi connectivity index (χ4v) is 5.08. The Balaban J connectivity index is 3.20. The first-order valence-corrected chi connectivity index (χ1v) is 17.7. The van der Waals surface area contributed by atoms with Crippen molar-refractivity contribution in [3.63, 3.8) is 0 Å². The van der Waals surface area contributed by atoms with Crippen molar-refractivity contribution in [2.24, 2.45) is 17.4 Å². The van der Waals surface area contributed by atoms with Crippen LogP contribution in [0.5, 0.6) is 0 Å². The van der Waals surface area contributed by atoms with Crippen molar-refractivity contribution in [1.29, 1.82) is 0 Å². The molecule has 21 heteroatoms. The minimum absolute atomic E-state index is 0.0422. The molecule has 0 saturated heterocycles. The smallest absolute Gasteiger partial charge is 0.305 e. The third-order valence-electron chi connectivity index (χ3n) is 7.52. The zero-order valence-corrected chi connectivity index (χ0v) is 31.3. The van der Waals surface area contributed by atoms with E-state index < -0.39 is 109 Å². The monoisotopic (exact) mass is 786 g/mol. The summed E-state index contributed by atoms with van der Waals surface area (Å²) in [5.41, 5.74) is 11.6. The van der Waals surface area contributed by atoms with Gasteiger partial charge >= 0.3 is 5.97 Å². The number of hydrogen-bond donors (Lipinski definition) is 13. The van der Waals surface area contributed by atoms with Gasteiger partial charge in [0, 0.05) is 17.9 Å². The van der Waals surface area contributed by atoms with Gasteiger partial charge in [0.1, 0.15) is 36.3 Å². The van der Waals surface area contributed by atoms with Gasteiger partial charge in [-0.3, -0.25) is 38.4 Å². The number of hydrogen-bond acceptors (Lipinski definition) is 13. The first-order valence-electron chi connectivity index (χ1n) is 16.5. The number of carboxylic acid groups (broad SMARTS) is 1. The van der Waals surface area contributed by atoms with Crippen molar-refractivity contribution in [2.75, 3.05) is 18.1 Å². The number of rotatable bonds is 23. The lowest BCUT2D eigenvalue weighted by atomic mass is 10.0. The van der Waals surface area contributed by atoms with Gasteiger partial charge in [0.05, 0.1) is 25.2 Å². The van der Waals surface area contributed by atoms with E-state index in [1.54, 1.807) is 44.2 Å². The highest BCUT2D eigenvalue weighted by Crippen LogP contribution is 2.09. The Kier molecular flexibility index (Phi) is 20.5. The Bertz CT molecular complexity index is 1440. The van der Waals surface area contributed by atoms with Crippen molar-refractivity contribution in [3.05, 3.63) is 35.9 Å². The summed E-state index contributed by atoms with van der Waals surface area (Å²) in [6, 6.07) is -1.76. The second-order valence-corrected chi connectivity index (χ2v) is 13.2. The van der Waals surface area contributed by atoms with E-state index in [1.165, 1.54) is 0 Å². The van der Waals surface area contributed by atoms with Crippen molar-refractivity contribution in [2.45, 2.75) is 88.4 Å². The van der Waals surface area contributed by atoms with E-state index in [0.717, 1.165) is 6.92 Å². The Morgan fingerprint density at radius 1 is 0.679 bits per heavy atom. The maximum atomic E-state index is 13.3. The SMILES string of the molecule is CC(C)C[C@H](NC(=O)[C@@H](NC(=O)[C@H](CC(=O)O)NC(=O)[C@H](CO)NC(=O)[C@H](Cc1ccccc1)NC(=O)[C@@H](N)CS)[C@@H](C)O)C(=O)N[C@@H](CS)C(N)=O. The van der Waals surface area contributed by atoms with Gasteiger partial charge in [0.25, 0.3) is 0 Å². The molecule has 296 valence electrons. The molecule has 0 unspecified atom stereocenters. The predicted octanol–water partition coefficient (Wildman–Crippen LogP) is -4.30. The number of carbonyl (C=O) groups is 8. The maximum absolute atomic E-state index is 13.3. The molecular weight excluding hydrogens is 737 g/mol. The summed E-state index contributed by atoms with van der Waals surface area (Å²) in [4.78, 5) is 102. The first-order chi connectivity index (χ1) is 24.8. The number of primary amides is 1. The van der Waals surface area contributed by atoms with E-state index >= 15 is 0 Å². The van der Waals surface area contributed by atoms with Crippen LogP contribution in [0.2, 0.25) is 0 Å². The van der Waals surface area contributed by atoms with E-state index in [0.29, 0.717) is 5.56 Å². The molecule has 0 radical (unpaired) electrons. The highest BCUT2D eigenvalue weighted by molar-refractivity contribution is 7.80. The highest BCUT2D eigenvalue weighted by atomic mass is 32.1. The first kappa shape index (κ1) is 46.6. The molecule has 0 fully saturated rings. The van der Waals surface area contributed by atoms with Crippen molar-refractivity contribution in [3.8, 4) is 0 Å². The molecule has 7 amide bonds. The summed E-state index contributed by atoms with van der Waals surface area (Å²) in [6.07, 6.45) is -2.65. The number of aliphatic hydroxyl groups is 2. The van der Waals surface area contributed by atoms with Gasteiger partial charge in [-0.2, -0.15) is 25.3 Å². The van der Waals surface area contributed by atoms with Gasteiger partial charge in [-0.15, -0.1) is 0 Å². The molecule has 0 bridgehead atoms. The second kappa shape index (κ2) is 23.3. The van der Waals surface area contributed by atoms with E-state index in [4.69, 9.17) is 11.5 Å². The van der Waals surface area contributed by atoms with E-state index in [1.807, 2.05) is 0 Å². The van der Waals surface area contributed by atoms with Crippen LogP contribution in [0.1, 0.15) is 39.2 Å². The summed E-state index contributed by atoms with van der Waals surface area (Å²) in [5.74, 6) is -8.77. The summed E-state index contributed by atoms with van der Waals surface area (Å²) in [6.45, 7) is 3.58. The van der Waals surface area contributed by atoms with Gasteiger partial charge < -0.3 is 58.7 Å². The summed E-state index contributed by atoms with van der Waals surface area (Å²) in [5, 5.41) is 43.6. The van der Waals surface area contributed by atoms with Crippen LogP contribution in [0, 0.1) is 5.92 Å². The highest BCUT2D eigenvalue weighted by Gasteiger charge is 2.35. The minimum atomic E-state index is -1.91. The number of carbonyl (C=O) groups excluding carboxylic acids is 7. The number of aliphatic carboxylic acids is 1. The van der Waals surface area contributed by atoms with Crippen LogP contribution in [-0.2, 0) is 44.8 Å². The average molecular weight is 787 g/mol. The molecule has 0 aromatic heterocycles. The van der Waals surface area contributed by atoms with E-state index in [9.17, 15) is 53.7 Å². The summed E-state index contributed by atoms with van der Waals surface area (Å²) in [7, 11) is 0. The van der Waals surface area contributed by atoms with Gasteiger partial charge in [0.15, 0.2) is 0 Å². The lowest BCUT2D eigenvalue weighted by Gasteiger charge is -2.28. The molecule has 1 aromatic rings. The van der Waals surface area contributed by atoms with Crippen LogP contribution in [0.4, 0.5) is 0 Å². The van der Waals surface area contributed by atoms with E-state index in [-0.39, 0.29) is 30.3 Å². The van der Waals surface area contributed by atoms with Gasteiger partial charge in [-0.05, 0) is 24.8 Å². The molecule has 53 heavy (non-hydrogen) atoms. The lowest BCUT2D eigenvalue weighted by molar-refractivity contribution is -0.142. The third kappa shape index (κ3) is 16.4. The van der Waals surface area contributed by atoms with Crippen molar-refractivity contribution in [1.82, 2.24) is 31.9 Å². The Morgan fingerprint density at radius 2 is 1.17 bits per heavy atom. The molecule has 8 atom stereocenters. The fraction of sp³-hybridized carbons (Fsp3) is 0.562.